The van der Waals surface area contributed by atoms with Gasteiger partial charge in [-0.3, -0.25) is 0 Å². The Balaban J connectivity index is 1.99. The van der Waals surface area contributed by atoms with E-state index in [1.807, 2.05) is 13.8 Å². The molecule has 1 rings (SSSR count). The molecule has 0 atom stereocenters. The SMILES string of the molecule is CC(C)(CCCOCCC1CCC1)C(N)=NO. The van der Waals surface area contributed by atoms with Crippen molar-refractivity contribution in [1.82, 2.24) is 0 Å². The van der Waals surface area contributed by atoms with Gasteiger partial charge in [0.05, 0.1) is 0 Å². The normalized spacial score (nSPS) is 18.1. The zero-order chi connectivity index (χ0) is 12.7. The van der Waals surface area contributed by atoms with Crippen LogP contribution in [0.1, 0.15) is 52.4 Å². The summed E-state index contributed by atoms with van der Waals surface area (Å²) < 4.78 is 5.61. The number of ether oxygens (including phenoxy) is 1. The van der Waals surface area contributed by atoms with Gasteiger partial charge in [0.25, 0.3) is 0 Å². The monoisotopic (exact) mass is 242 g/mol. The zero-order valence-corrected chi connectivity index (χ0v) is 11.1. The molecule has 0 aromatic rings. The minimum Gasteiger partial charge on any atom is -0.409 e. The van der Waals surface area contributed by atoms with E-state index >= 15 is 0 Å². The van der Waals surface area contributed by atoms with Crippen molar-refractivity contribution in [3.05, 3.63) is 0 Å². The van der Waals surface area contributed by atoms with Gasteiger partial charge in [0, 0.05) is 18.6 Å². The first-order valence-corrected chi connectivity index (χ1v) is 6.62. The predicted octanol–water partition coefficient (Wildman–Crippen LogP) is 2.75. The molecule has 1 saturated carbocycles. The molecule has 0 unspecified atom stereocenters. The Morgan fingerprint density at radius 3 is 2.65 bits per heavy atom. The van der Waals surface area contributed by atoms with Gasteiger partial charge in [0.15, 0.2) is 0 Å². The van der Waals surface area contributed by atoms with Crippen molar-refractivity contribution in [2.75, 3.05) is 13.2 Å². The lowest BCUT2D eigenvalue weighted by molar-refractivity contribution is 0.100. The van der Waals surface area contributed by atoms with Gasteiger partial charge in [0.2, 0.25) is 0 Å². The Hall–Kier alpha value is -0.770. The summed E-state index contributed by atoms with van der Waals surface area (Å²) >= 11 is 0. The van der Waals surface area contributed by atoms with Crippen molar-refractivity contribution in [1.29, 1.82) is 0 Å². The van der Waals surface area contributed by atoms with Crippen LogP contribution < -0.4 is 5.73 Å². The number of hydrogen-bond donors (Lipinski definition) is 2. The van der Waals surface area contributed by atoms with Crippen LogP contribution in [0.2, 0.25) is 0 Å². The first-order valence-electron chi connectivity index (χ1n) is 6.62. The first-order chi connectivity index (χ1) is 8.06. The van der Waals surface area contributed by atoms with E-state index in [0.29, 0.717) is 5.84 Å². The number of rotatable bonds is 8. The summed E-state index contributed by atoms with van der Waals surface area (Å²) in [5, 5.41) is 11.7. The van der Waals surface area contributed by atoms with Gasteiger partial charge in [-0.15, -0.1) is 0 Å². The molecule has 3 N–H and O–H groups in total. The van der Waals surface area contributed by atoms with Gasteiger partial charge in [0.1, 0.15) is 5.84 Å². The Morgan fingerprint density at radius 1 is 1.41 bits per heavy atom. The van der Waals surface area contributed by atoms with Gasteiger partial charge in [-0.25, -0.2) is 0 Å². The Kier molecular flexibility index (Phi) is 5.75. The van der Waals surface area contributed by atoms with E-state index in [0.717, 1.165) is 32.0 Å². The fourth-order valence-corrected chi connectivity index (χ4v) is 2.01. The topological polar surface area (TPSA) is 67.8 Å². The Morgan fingerprint density at radius 2 is 2.12 bits per heavy atom. The maximum atomic E-state index is 8.64. The first kappa shape index (κ1) is 14.3. The van der Waals surface area contributed by atoms with Crippen molar-refractivity contribution in [3.8, 4) is 0 Å². The van der Waals surface area contributed by atoms with Crippen LogP contribution in [-0.4, -0.2) is 24.3 Å². The molecule has 1 fully saturated rings. The van der Waals surface area contributed by atoms with Crippen molar-refractivity contribution >= 4 is 5.84 Å². The predicted molar refractivity (Wildman–Crippen MR) is 69.2 cm³/mol. The second kappa shape index (κ2) is 6.84. The lowest BCUT2D eigenvalue weighted by atomic mass is 9.83. The van der Waals surface area contributed by atoms with Gasteiger partial charge < -0.3 is 15.7 Å². The van der Waals surface area contributed by atoms with Gasteiger partial charge in [-0.05, 0) is 25.2 Å². The molecular formula is C13H26N2O2. The Bertz CT molecular complexity index is 248. The molecule has 0 amide bonds. The van der Waals surface area contributed by atoms with Crippen LogP contribution in [0.3, 0.4) is 0 Å². The highest BCUT2D eigenvalue weighted by atomic mass is 16.5. The highest BCUT2D eigenvalue weighted by Gasteiger charge is 2.22. The molecule has 0 saturated heterocycles. The fourth-order valence-electron chi connectivity index (χ4n) is 2.01. The van der Waals surface area contributed by atoms with Crippen molar-refractivity contribution < 1.29 is 9.94 Å². The van der Waals surface area contributed by atoms with Crippen molar-refractivity contribution in [2.45, 2.75) is 52.4 Å². The highest BCUT2D eigenvalue weighted by molar-refractivity contribution is 5.85. The molecule has 0 radical (unpaired) electrons. The smallest absolute Gasteiger partial charge is 0.144 e. The van der Waals surface area contributed by atoms with E-state index in [1.54, 1.807) is 0 Å². The van der Waals surface area contributed by atoms with E-state index in [2.05, 4.69) is 5.16 Å². The molecule has 0 aliphatic heterocycles. The molecule has 100 valence electrons. The van der Waals surface area contributed by atoms with Gasteiger partial charge >= 0.3 is 0 Å². The van der Waals surface area contributed by atoms with Crippen LogP contribution in [0.4, 0.5) is 0 Å². The summed E-state index contributed by atoms with van der Waals surface area (Å²) in [7, 11) is 0. The summed E-state index contributed by atoms with van der Waals surface area (Å²) in [6.07, 6.45) is 7.22. The van der Waals surface area contributed by atoms with Crippen molar-refractivity contribution in [3.63, 3.8) is 0 Å². The third-order valence-corrected chi connectivity index (χ3v) is 3.79. The fraction of sp³-hybridized carbons (Fsp3) is 0.923. The molecule has 4 nitrogen and oxygen atoms in total. The van der Waals surface area contributed by atoms with Gasteiger partial charge in [-0.2, -0.15) is 0 Å². The molecule has 1 aliphatic carbocycles. The third-order valence-electron chi connectivity index (χ3n) is 3.79. The lowest BCUT2D eigenvalue weighted by Crippen LogP contribution is -2.32. The second-order valence-corrected chi connectivity index (χ2v) is 5.67. The molecule has 0 spiro atoms. The number of hydrogen-bond acceptors (Lipinski definition) is 3. The number of amidine groups is 1. The van der Waals surface area contributed by atoms with E-state index in [-0.39, 0.29) is 5.41 Å². The standard InChI is InChI=1S/C13H26N2O2/c1-13(2,12(14)15-16)8-4-9-17-10-7-11-5-3-6-11/h11,16H,3-10H2,1-2H3,(H2,14,15). The maximum absolute atomic E-state index is 8.64. The molecule has 17 heavy (non-hydrogen) atoms. The quantitative estimate of drug-likeness (QED) is 0.226. The van der Waals surface area contributed by atoms with Gasteiger partial charge in [-0.1, -0.05) is 38.3 Å². The Labute approximate surface area is 104 Å². The average molecular weight is 242 g/mol. The van der Waals surface area contributed by atoms with E-state index in [4.69, 9.17) is 15.7 Å². The summed E-state index contributed by atoms with van der Waals surface area (Å²) in [4.78, 5) is 0. The molecule has 1 aliphatic rings. The third kappa shape index (κ3) is 4.94. The van der Waals surface area contributed by atoms with Crippen LogP contribution in [0.5, 0.6) is 0 Å². The largest absolute Gasteiger partial charge is 0.409 e. The van der Waals surface area contributed by atoms with E-state index in [9.17, 15) is 0 Å². The highest BCUT2D eigenvalue weighted by Crippen LogP contribution is 2.29. The molecular weight excluding hydrogens is 216 g/mol. The molecule has 4 heteroatoms. The summed E-state index contributed by atoms with van der Waals surface area (Å²) in [5.41, 5.74) is 5.37. The zero-order valence-electron chi connectivity index (χ0n) is 11.1. The van der Waals surface area contributed by atoms with Crippen LogP contribution >= 0.6 is 0 Å². The number of nitrogens with zero attached hydrogens (tertiary/aromatic N) is 1. The summed E-state index contributed by atoms with van der Waals surface area (Å²) in [6.45, 7) is 5.62. The minimum absolute atomic E-state index is 0.244. The van der Waals surface area contributed by atoms with Crippen molar-refractivity contribution in [2.24, 2.45) is 22.2 Å². The van der Waals surface area contributed by atoms with E-state index < -0.39 is 0 Å². The molecule has 0 aromatic heterocycles. The lowest BCUT2D eigenvalue weighted by Gasteiger charge is -2.25. The van der Waals surface area contributed by atoms with Crippen LogP contribution in [0.15, 0.2) is 5.16 Å². The summed E-state index contributed by atoms with van der Waals surface area (Å²) in [6, 6.07) is 0. The van der Waals surface area contributed by atoms with Crippen LogP contribution in [-0.2, 0) is 4.74 Å². The van der Waals surface area contributed by atoms with Crippen LogP contribution in [0, 0.1) is 11.3 Å². The van der Waals surface area contributed by atoms with E-state index in [1.165, 1.54) is 25.7 Å². The number of nitrogens with two attached hydrogens (primary N) is 1. The second-order valence-electron chi connectivity index (χ2n) is 5.67. The minimum atomic E-state index is -0.244. The van der Waals surface area contributed by atoms with Crippen LogP contribution in [0.25, 0.3) is 0 Å². The maximum Gasteiger partial charge on any atom is 0.144 e. The average Bonchev–Trinajstić information content (AvgIpc) is 2.24. The molecule has 0 aromatic carbocycles. The molecule has 0 heterocycles. The molecule has 0 bridgehead atoms. The summed E-state index contributed by atoms with van der Waals surface area (Å²) in [5.74, 6) is 1.22. The number of oxime groups is 1.